The molecule has 160 valence electrons. The predicted octanol–water partition coefficient (Wildman–Crippen LogP) is 3.67. The molecule has 1 atom stereocenters. The Balaban J connectivity index is 1.56. The van der Waals surface area contributed by atoms with Crippen LogP contribution in [-0.2, 0) is 14.4 Å². The van der Waals surface area contributed by atoms with Gasteiger partial charge in [-0.2, -0.15) is 0 Å². The van der Waals surface area contributed by atoms with E-state index >= 15 is 0 Å². The van der Waals surface area contributed by atoms with Crippen LogP contribution in [0.15, 0.2) is 48.5 Å². The van der Waals surface area contributed by atoms with Crippen LogP contribution in [0.1, 0.15) is 59.4 Å². The second-order valence-electron chi connectivity index (χ2n) is 8.39. The zero-order valence-corrected chi connectivity index (χ0v) is 17.5. The minimum Gasteiger partial charge on any atom is -0.443 e. The molecule has 0 bridgehead atoms. The van der Waals surface area contributed by atoms with Crippen LogP contribution in [0.2, 0.25) is 0 Å². The smallest absolute Gasteiger partial charge is 0.414 e. The zero-order chi connectivity index (χ0) is 22.3. The molecule has 0 saturated carbocycles. The molecular weight excluding hydrogens is 400 g/mol. The predicted molar refractivity (Wildman–Crippen MR) is 110 cm³/mol. The molecule has 3 amide bonds. The number of hydroxylamine groups is 2. The van der Waals surface area contributed by atoms with Gasteiger partial charge in [-0.3, -0.25) is 14.5 Å². The number of hydrogen-bond acceptors (Lipinski definition) is 6. The van der Waals surface area contributed by atoms with E-state index in [1.807, 2.05) is 0 Å². The maximum atomic E-state index is 13.0. The molecule has 2 aromatic carbocycles. The van der Waals surface area contributed by atoms with Crippen LogP contribution in [0.4, 0.5) is 10.5 Å². The maximum absolute atomic E-state index is 13.0. The van der Waals surface area contributed by atoms with Crippen molar-refractivity contribution in [3.63, 3.8) is 0 Å². The number of anilines is 1. The Hall–Kier alpha value is -3.68. The number of nitrogens with zero attached hydrogens (tertiary/aromatic N) is 2. The van der Waals surface area contributed by atoms with Gasteiger partial charge in [-0.1, -0.05) is 35.4 Å². The first kappa shape index (κ1) is 20.6. The molecule has 0 saturated heterocycles. The molecule has 2 aliphatic heterocycles. The monoisotopic (exact) mass is 422 g/mol. The van der Waals surface area contributed by atoms with E-state index in [2.05, 4.69) is 0 Å². The molecular formula is C23H22N2O6. The molecule has 0 N–H and O–H groups in total. The lowest BCUT2D eigenvalue weighted by molar-refractivity contribution is -0.170. The van der Waals surface area contributed by atoms with Crippen LogP contribution >= 0.6 is 0 Å². The topological polar surface area (TPSA) is 93.2 Å². The van der Waals surface area contributed by atoms with E-state index in [4.69, 9.17) is 9.57 Å². The van der Waals surface area contributed by atoms with Crippen molar-refractivity contribution in [1.82, 2.24) is 5.06 Å². The number of fused-ring (bicyclic) bond motifs is 2. The minimum atomic E-state index is -0.737. The van der Waals surface area contributed by atoms with Crippen LogP contribution < -0.4 is 4.90 Å². The average Bonchev–Trinajstić information content (AvgIpc) is 2.96. The first-order valence-electron chi connectivity index (χ1n) is 9.96. The second kappa shape index (κ2) is 7.54. The number of hydrogen-bond donors (Lipinski definition) is 0. The van der Waals surface area contributed by atoms with Crippen LogP contribution in [0.25, 0.3) is 0 Å². The van der Waals surface area contributed by atoms with Crippen molar-refractivity contribution < 1.29 is 28.8 Å². The van der Waals surface area contributed by atoms with Gasteiger partial charge in [0, 0.05) is 6.54 Å². The highest BCUT2D eigenvalue weighted by molar-refractivity contribution is 6.21. The van der Waals surface area contributed by atoms with Crippen molar-refractivity contribution in [1.29, 1.82) is 0 Å². The first-order valence-corrected chi connectivity index (χ1v) is 9.96. The summed E-state index contributed by atoms with van der Waals surface area (Å²) in [6, 6.07) is 13.3. The molecule has 0 fully saturated rings. The van der Waals surface area contributed by atoms with E-state index in [1.54, 1.807) is 57.2 Å². The van der Waals surface area contributed by atoms with Crippen molar-refractivity contribution in [3.05, 3.63) is 65.2 Å². The highest BCUT2D eigenvalue weighted by Crippen LogP contribution is 2.37. The Labute approximate surface area is 179 Å². The molecule has 2 aromatic rings. The summed E-state index contributed by atoms with van der Waals surface area (Å²) in [6.07, 6.45) is -0.245. The number of imide groups is 1. The van der Waals surface area contributed by atoms with E-state index in [1.165, 1.54) is 17.0 Å². The number of amides is 3. The molecule has 8 heteroatoms. The van der Waals surface area contributed by atoms with Gasteiger partial charge in [0.25, 0.3) is 11.8 Å². The number of ether oxygens (including phenoxy) is 1. The number of para-hydroxylation sites is 1. The van der Waals surface area contributed by atoms with Gasteiger partial charge in [0.1, 0.15) is 5.60 Å². The van der Waals surface area contributed by atoms with Gasteiger partial charge < -0.3 is 9.57 Å². The number of carbonyl (C=O) groups excluding carboxylic acids is 4. The van der Waals surface area contributed by atoms with Gasteiger partial charge in [0.2, 0.25) is 0 Å². The van der Waals surface area contributed by atoms with Gasteiger partial charge in [0.05, 0.1) is 22.7 Å². The van der Waals surface area contributed by atoms with E-state index in [0.717, 1.165) is 0 Å². The lowest BCUT2D eigenvalue weighted by Gasteiger charge is -2.34. The molecule has 31 heavy (non-hydrogen) atoms. The summed E-state index contributed by atoms with van der Waals surface area (Å²) in [5.74, 6) is -2.81. The summed E-state index contributed by atoms with van der Waals surface area (Å²) in [5.41, 5.74) is 0.835. The Kier molecular flexibility index (Phi) is 5.00. The van der Waals surface area contributed by atoms with E-state index < -0.39 is 35.4 Å². The SMILES string of the molecule is CC(C)(C)OC(=O)N1CCC(C(=O)ON2C(=O)c3ccccc3C2=O)c2ccccc21. The minimum absolute atomic E-state index is 0.195. The molecule has 8 nitrogen and oxygen atoms in total. The van der Waals surface area contributed by atoms with Gasteiger partial charge in [-0.15, -0.1) is 0 Å². The number of rotatable bonds is 2. The zero-order valence-electron chi connectivity index (χ0n) is 17.5. The molecule has 0 radical (unpaired) electrons. The van der Waals surface area contributed by atoms with Crippen molar-refractivity contribution in [3.8, 4) is 0 Å². The van der Waals surface area contributed by atoms with Crippen LogP contribution in [0.5, 0.6) is 0 Å². The third-order valence-electron chi connectivity index (χ3n) is 5.08. The maximum Gasteiger partial charge on any atom is 0.414 e. The summed E-state index contributed by atoms with van der Waals surface area (Å²) >= 11 is 0. The van der Waals surface area contributed by atoms with E-state index in [9.17, 15) is 19.2 Å². The Morgan fingerprint density at radius 1 is 0.935 bits per heavy atom. The Morgan fingerprint density at radius 3 is 2.13 bits per heavy atom. The lowest BCUT2D eigenvalue weighted by Crippen LogP contribution is -2.42. The molecule has 4 rings (SSSR count). The fourth-order valence-electron chi connectivity index (χ4n) is 3.72. The average molecular weight is 422 g/mol. The summed E-state index contributed by atoms with van der Waals surface area (Å²) in [4.78, 5) is 57.3. The van der Waals surface area contributed by atoms with Gasteiger partial charge >= 0.3 is 12.1 Å². The lowest BCUT2D eigenvalue weighted by atomic mass is 9.90. The summed E-state index contributed by atoms with van der Waals surface area (Å²) in [5, 5.41) is 0.510. The molecule has 0 aromatic heterocycles. The fraction of sp³-hybridized carbons (Fsp3) is 0.304. The number of benzene rings is 2. The van der Waals surface area contributed by atoms with Crippen molar-refractivity contribution in [2.24, 2.45) is 0 Å². The van der Waals surface area contributed by atoms with Crippen molar-refractivity contribution in [2.75, 3.05) is 11.4 Å². The summed E-state index contributed by atoms with van der Waals surface area (Å²) in [6.45, 7) is 5.57. The molecule has 2 aliphatic rings. The van der Waals surface area contributed by atoms with Gasteiger partial charge in [-0.05, 0) is 51.0 Å². The second-order valence-corrected chi connectivity index (χ2v) is 8.39. The summed E-state index contributed by atoms with van der Waals surface area (Å²) in [7, 11) is 0. The van der Waals surface area contributed by atoms with Crippen LogP contribution in [-0.4, -0.2) is 41.1 Å². The largest absolute Gasteiger partial charge is 0.443 e. The standard InChI is InChI=1S/C23H22N2O6/c1-23(2,3)30-22(29)24-13-12-17(14-8-6-7-11-18(14)24)21(28)31-25-19(26)15-9-4-5-10-16(15)20(25)27/h4-11,17H,12-13H2,1-3H3. The highest BCUT2D eigenvalue weighted by atomic mass is 16.7. The Bertz CT molecular complexity index is 1050. The molecule has 1 unspecified atom stereocenters. The third-order valence-corrected chi connectivity index (χ3v) is 5.08. The quantitative estimate of drug-likeness (QED) is 0.686. The van der Waals surface area contributed by atoms with Crippen molar-refractivity contribution in [2.45, 2.75) is 38.7 Å². The van der Waals surface area contributed by atoms with Crippen LogP contribution in [0, 0.1) is 0 Å². The fourth-order valence-corrected chi connectivity index (χ4v) is 3.72. The first-order chi connectivity index (χ1) is 14.7. The normalized spacial score (nSPS) is 17.8. The molecule has 2 heterocycles. The van der Waals surface area contributed by atoms with Gasteiger partial charge in [0.15, 0.2) is 0 Å². The molecule has 0 aliphatic carbocycles. The highest BCUT2D eigenvalue weighted by Gasteiger charge is 2.42. The number of carbonyl (C=O) groups is 4. The molecule has 0 spiro atoms. The van der Waals surface area contributed by atoms with Gasteiger partial charge in [-0.25, -0.2) is 9.59 Å². The van der Waals surface area contributed by atoms with E-state index in [0.29, 0.717) is 16.3 Å². The Morgan fingerprint density at radius 2 is 1.52 bits per heavy atom. The van der Waals surface area contributed by atoms with E-state index in [-0.39, 0.29) is 24.1 Å². The summed E-state index contributed by atoms with van der Waals surface area (Å²) < 4.78 is 5.47. The van der Waals surface area contributed by atoms with Crippen molar-refractivity contribution >= 4 is 29.6 Å². The van der Waals surface area contributed by atoms with Crippen LogP contribution in [0.3, 0.4) is 0 Å². The third kappa shape index (κ3) is 3.76.